The predicted molar refractivity (Wildman–Crippen MR) is 92.5 cm³/mol. The van der Waals surface area contributed by atoms with Gasteiger partial charge < -0.3 is 9.84 Å². The number of rotatable bonds is 3. The number of benzene rings is 2. The minimum atomic E-state index is -5.33. The number of amides is 1. The quantitative estimate of drug-likeness (QED) is 0.453. The molecule has 0 heterocycles. The Kier molecular flexibility index (Phi) is 6.18. The molecule has 30 heavy (non-hydrogen) atoms. The topological polar surface area (TPSA) is 49.8 Å². The maximum absolute atomic E-state index is 13.3. The molecule has 0 bridgehead atoms. The molecule has 2 rings (SSSR count). The molecule has 0 saturated heterocycles. The molecule has 4 nitrogen and oxygen atoms in total. The molecule has 1 amide bonds. The van der Waals surface area contributed by atoms with Gasteiger partial charge in [-0.15, -0.1) is 0 Å². The first-order valence-electron chi connectivity index (χ1n) is 7.88. The van der Waals surface area contributed by atoms with Crippen LogP contribution in [0.3, 0.4) is 0 Å². The third-order valence-electron chi connectivity index (χ3n) is 3.72. The van der Waals surface area contributed by atoms with Crippen molar-refractivity contribution in [3.05, 3.63) is 58.9 Å². The molecule has 0 aliphatic carbocycles. The fourth-order valence-electron chi connectivity index (χ4n) is 2.47. The summed E-state index contributed by atoms with van der Waals surface area (Å²) in [4.78, 5) is 12.5. The molecule has 0 spiro atoms. The van der Waals surface area contributed by atoms with E-state index in [0.29, 0.717) is 6.07 Å². The van der Waals surface area contributed by atoms with E-state index in [1.54, 1.807) is 0 Å². The highest BCUT2D eigenvalue weighted by molar-refractivity contribution is 6.42. The molecule has 0 aromatic heterocycles. The average molecular weight is 431 g/mol. The van der Waals surface area contributed by atoms with Gasteiger partial charge in [-0.05, 0) is 48.9 Å². The molecule has 2 aromatic rings. The summed E-state index contributed by atoms with van der Waals surface area (Å²) in [6.07, 6.45) is -12.2. The number of aliphatic hydroxyl groups is 1. The van der Waals surface area contributed by atoms with Gasteiger partial charge in [0.15, 0.2) is 0 Å². The van der Waals surface area contributed by atoms with Crippen LogP contribution in [0, 0.1) is 12.7 Å². The van der Waals surface area contributed by atoms with Crippen molar-refractivity contribution < 1.29 is 45.4 Å². The van der Waals surface area contributed by atoms with Crippen LogP contribution in [0.1, 0.15) is 16.7 Å². The normalized spacial score (nSPS) is 12.6. The van der Waals surface area contributed by atoms with Crippen molar-refractivity contribution >= 4 is 27.5 Å². The van der Waals surface area contributed by atoms with E-state index in [2.05, 4.69) is 4.74 Å². The lowest BCUT2D eigenvalue weighted by molar-refractivity contribution is -0.143. The highest BCUT2D eigenvalue weighted by atomic mass is 19.4. The van der Waals surface area contributed by atoms with E-state index in [1.165, 1.54) is 0 Å². The maximum atomic E-state index is 13.3. The van der Waals surface area contributed by atoms with E-state index >= 15 is 0 Å². The lowest BCUT2D eigenvalue weighted by Gasteiger charge is -2.35. The second-order valence-corrected chi connectivity index (χ2v) is 6.13. The minimum absolute atomic E-state index is 0.0870. The number of carbonyl (C=O) groups is 1. The summed E-state index contributed by atoms with van der Waals surface area (Å²) < 4.78 is 96.4. The average Bonchev–Trinajstić information content (AvgIpc) is 2.55. The van der Waals surface area contributed by atoms with Crippen LogP contribution < -0.4 is 9.64 Å². The van der Waals surface area contributed by atoms with E-state index in [0.717, 1.165) is 31.2 Å². The van der Waals surface area contributed by atoms with Crippen LogP contribution in [0.15, 0.2) is 36.4 Å². The number of aryl methyl sites for hydroxylation is 1. The van der Waals surface area contributed by atoms with Crippen molar-refractivity contribution in [2.75, 3.05) is 4.90 Å². The third-order valence-corrected chi connectivity index (χ3v) is 3.72. The summed E-state index contributed by atoms with van der Waals surface area (Å²) in [5.74, 6) is -2.01. The summed E-state index contributed by atoms with van der Waals surface area (Å²) in [5, 5.41) is 9.81. The molecular formula is C17H10B2F7NO3. The highest BCUT2D eigenvalue weighted by Gasteiger charge is 2.41. The Balaban J connectivity index is 2.56. The van der Waals surface area contributed by atoms with E-state index in [4.69, 9.17) is 15.7 Å². The standard InChI is InChI=1S/C17H10B2F7NO3/c1-8-6-9(15(21,22)23)7-12(16(24,25)26)13(8)30-14(28)27(17(18,19)29)11-4-2-10(20)3-5-11/h2-7,29H,1H3. The van der Waals surface area contributed by atoms with Gasteiger partial charge in [0.25, 0.3) is 0 Å². The first-order chi connectivity index (χ1) is 13.5. The van der Waals surface area contributed by atoms with Crippen LogP contribution >= 0.6 is 0 Å². The Bertz CT molecular complexity index is 939. The molecular weight excluding hydrogens is 421 g/mol. The monoisotopic (exact) mass is 431 g/mol. The number of alkyl halides is 6. The SMILES string of the molecule is [B]C([B])(O)N(C(=O)Oc1c(C)cc(C(F)(F)F)cc1C(F)(F)F)c1ccc(F)cc1. The van der Waals surface area contributed by atoms with Crippen molar-refractivity contribution in [3.8, 4) is 5.75 Å². The van der Waals surface area contributed by atoms with Crippen LogP contribution in [0.25, 0.3) is 0 Å². The molecule has 1 N–H and O–H groups in total. The number of anilines is 1. The van der Waals surface area contributed by atoms with E-state index in [1.807, 2.05) is 0 Å². The molecule has 13 heteroatoms. The van der Waals surface area contributed by atoms with E-state index < -0.39 is 52.2 Å². The highest BCUT2D eigenvalue weighted by Crippen LogP contribution is 2.42. The summed E-state index contributed by atoms with van der Waals surface area (Å²) in [7, 11) is 10.5. The van der Waals surface area contributed by atoms with Crippen LogP contribution in [-0.4, -0.2) is 32.4 Å². The van der Waals surface area contributed by atoms with Crippen LogP contribution in [-0.2, 0) is 12.4 Å². The summed E-state index contributed by atoms with van der Waals surface area (Å²) in [6.45, 7) is 0.854. The molecule has 156 valence electrons. The fourth-order valence-corrected chi connectivity index (χ4v) is 2.47. The zero-order chi connectivity index (χ0) is 23.1. The van der Waals surface area contributed by atoms with Gasteiger partial charge in [-0.3, -0.25) is 4.90 Å². The fraction of sp³-hybridized carbons (Fsp3) is 0.235. The smallest absolute Gasteiger partial charge is 0.409 e. The molecule has 0 aliphatic heterocycles. The van der Waals surface area contributed by atoms with Gasteiger partial charge in [-0.2, -0.15) is 26.3 Å². The van der Waals surface area contributed by atoms with Crippen molar-refractivity contribution in [1.29, 1.82) is 0 Å². The summed E-state index contributed by atoms with van der Waals surface area (Å²) >= 11 is 0. The van der Waals surface area contributed by atoms with Gasteiger partial charge in [-0.25, -0.2) is 9.18 Å². The Morgan fingerprint density at radius 1 is 1.00 bits per heavy atom. The van der Waals surface area contributed by atoms with Gasteiger partial charge in [-0.1, -0.05) is 0 Å². The first kappa shape index (κ1) is 23.6. The molecule has 0 atom stereocenters. The van der Waals surface area contributed by atoms with E-state index in [-0.39, 0.29) is 16.7 Å². The largest absolute Gasteiger partial charge is 0.420 e. The maximum Gasteiger partial charge on any atom is 0.420 e. The predicted octanol–water partition coefficient (Wildman–Crippen LogP) is 4.12. The molecule has 0 aliphatic rings. The zero-order valence-electron chi connectivity index (χ0n) is 15.0. The third kappa shape index (κ3) is 5.26. The summed E-state index contributed by atoms with van der Waals surface area (Å²) in [5.41, 5.74) is -7.56. The van der Waals surface area contributed by atoms with Gasteiger partial charge >= 0.3 is 18.4 Å². The van der Waals surface area contributed by atoms with Crippen molar-refractivity contribution in [1.82, 2.24) is 0 Å². The first-order valence-corrected chi connectivity index (χ1v) is 7.88. The van der Waals surface area contributed by atoms with E-state index in [9.17, 15) is 40.6 Å². The number of hydrogen-bond acceptors (Lipinski definition) is 3. The summed E-state index contributed by atoms with van der Waals surface area (Å²) in [6, 6.07) is 3.58. The Labute approximate surface area is 168 Å². The second-order valence-electron chi connectivity index (χ2n) is 6.13. The number of ether oxygens (including phenoxy) is 1. The van der Waals surface area contributed by atoms with Crippen LogP contribution in [0.4, 0.5) is 41.2 Å². The minimum Gasteiger partial charge on any atom is -0.409 e. The number of carbonyl (C=O) groups excluding carboxylic acids is 1. The lowest BCUT2D eigenvalue weighted by Crippen LogP contribution is -2.54. The van der Waals surface area contributed by atoms with Crippen molar-refractivity contribution in [2.45, 2.75) is 24.8 Å². The van der Waals surface area contributed by atoms with Crippen LogP contribution in [0.2, 0.25) is 0 Å². The molecule has 4 radical (unpaired) electrons. The Morgan fingerprint density at radius 3 is 1.97 bits per heavy atom. The zero-order valence-corrected chi connectivity index (χ0v) is 15.0. The van der Waals surface area contributed by atoms with Crippen molar-refractivity contribution in [2.24, 2.45) is 0 Å². The molecule has 0 unspecified atom stereocenters. The van der Waals surface area contributed by atoms with Crippen LogP contribution in [0.5, 0.6) is 5.75 Å². The number of hydrogen-bond donors (Lipinski definition) is 1. The number of nitrogens with zero attached hydrogens (tertiary/aromatic N) is 1. The van der Waals surface area contributed by atoms with Gasteiger partial charge in [0, 0.05) is 5.69 Å². The van der Waals surface area contributed by atoms with Gasteiger partial charge in [0.05, 0.1) is 16.7 Å². The second kappa shape index (κ2) is 7.86. The number of halogens is 7. The molecule has 2 aromatic carbocycles. The van der Waals surface area contributed by atoms with Gasteiger partial charge in [0.1, 0.15) is 27.3 Å². The molecule has 0 saturated carbocycles. The van der Waals surface area contributed by atoms with Gasteiger partial charge in [0.2, 0.25) is 0 Å². The Morgan fingerprint density at radius 2 is 1.53 bits per heavy atom. The Hall–Kier alpha value is -2.69. The van der Waals surface area contributed by atoms with Crippen molar-refractivity contribution in [3.63, 3.8) is 0 Å². The lowest BCUT2D eigenvalue weighted by atomic mass is 9.72. The molecule has 0 fully saturated rings.